The lowest BCUT2D eigenvalue weighted by Gasteiger charge is -2.25. The third kappa shape index (κ3) is 4.67. The number of rotatable bonds is 1. The van der Waals surface area contributed by atoms with Crippen molar-refractivity contribution < 1.29 is 19.1 Å². The lowest BCUT2D eigenvalue weighted by Crippen LogP contribution is -2.44. The summed E-state index contributed by atoms with van der Waals surface area (Å²) in [7, 11) is 0. The number of nitrogens with one attached hydrogen (secondary N) is 1. The number of ether oxygens (including phenoxy) is 2. The first kappa shape index (κ1) is 11.8. The Kier molecular flexibility index (Phi) is 3.55. The van der Waals surface area contributed by atoms with Crippen molar-refractivity contribution in [3.8, 4) is 0 Å². The van der Waals surface area contributed by atoms with E-state index in [1.165, 1.54) is 0 Å². The van der Waals surface area contributed by atoms with Crippen LogP contribution in [0.15, 0.2) is 0 Å². The normalized spacial score (nSPS) is 21.8. The molecule has 0 bridgehead atoms. The topological polar surface area (TPSA) is 64.6 Å². The van der Waals surface area contributed by atoms with E-state index in [0.717, 1.165) is 0 Å². The van der Waals surface area contributed by atoms with Crippen LogP contribution in [0.25, 0.3) is 0 Å². The molecule has 0 aromatic carbocycles. The Morgan fingerprint density at radius 2 is 2.20 bits per heavy atom. The molecule has 1 saturated heterocycles. The molecule has 86 valence electrons. The molecule has 0 unspecified atom stereocenters. The fourth-order valence-corrected chi connectivity index (χ4v) is 1.23. The molecule has 0 saturated carbocycles. The van der Waals surface area contributed by atoms with Crippen molar-refractivity contribution in [3.63, 3.8) is 0 Å². The molecule has 5 nitrogen and oxygen atoms in total. The summed E-state index contributed by atoms with van der Waals surface area (Å²) in [6.45, 7) is 5.63. The van der Waals surface area contributed by atoms with Crippen LogP contribution in [-0.4, -0.2) is 30.3 Å². The SMILES string of the molecule is CC(C)(C)OC(=O)N[C@@H]1CCC(=O)OC1. The molecule has 1 heterocycles. The highest BCUT2D eigenvalue weighted by Gasteiger charge is 2.23. The quantitative estimate of drug-likeness (QED) is 0.668. The minimum absolute atomic E-state index is 0.127. The monoisotopic (exact) mass is 215 g/mol. The van der Waals surface area contributed by atoms with Crippen LogP contribution in [-0.2, 0) is 14.3 Å². The Bertz CT molecular complexity index is 247. The molecular weight excluding hydrogens is 198 g/mol. The molecule has 5 heteroatoms. The predicted octanol–water partition coefficient (Wildman–Crippen LogP) is 1.22. The number of hydrogen-bond donors (Lipinski definition) is 1. The molecule has 1 atom stereocenters. The second-order valence-electron chi connectivity index (χ2n) is 4.56. The van der Waals surface area contributed by atoms with E-state index in [1.54, 1.807) is 20.8 Å². The summed E-state index contributed by atoms with van der Waals surface area (Å²) in [6, 6.07) is -0.127. The van der Waals surface area contributed by atoms with Gasteiger partial charge in [0.15, 0.2) is 0 Å². The van der Waals surface area contributed by atoms with E-state index in [2.05, 4.69) is 5.32 Å². The van der Waals surface area contributed by atoms with E-state index in [4.69, 9.17) is 9.47 Å². The molecule has 1 aliphatic heterocycles. The lowest BCUT2D eigenvalue weighted by molar-refractivity contribution is -0.148. The third-order valence-electron chi connectivity index (χ3n) is 1.86. The maximum atomic E-state index is 11.3. The van der Waals surface area contributed by atoms with E-state index in [1.807, 2.05) is 0 Å². The van der Waals surface area contributed by atoms with Crippen molar-refractivity contribution in [2.45, 2.75) is 45.3 Å². The van der Waals surface area contributed by atoms with Gasteiger partial charge in [-0.05, 0) is 27.2 Å². The molecule has 1 N–H and O–H groups in total. The van der Waals surface area contributed by atoms with Crippen LogP contribution in [0.3, 0.4) is 0 Å². The third-order valence-corrected chi connectivity index (χ3v) is 1.86. The van der Waals surface area contributed by atoms with Gasteiger partial charge in [-0.1, -0.05) is 0 Å². The summed E-state index contributed by atoms with van der Waals surface area (Å²) in [4.78, 5) is 22.1. The van der Waals surface area contributed by atoms with E-state index >= 15 is 0 Å². The van der Waals surface area contributed by atoms with Gasteiger partial charge in [0.2, 0.25) is 0 Å². The van der Waals surface area contributed by atoms with Crippen molar-refractivity contribution in [2.75, 3.05) is 6.61 Å². The van der Waals surface area contributed by atoms with Crippen molar-refractivity contribution in [3.05, 3.63) is 0 Å². The summed E-state index contributed by atoms with van der Waals surface area (Å²) < 4.78 is 9.89. The van der Waals surface area contributed by atoms with Gasteiger partial charge in [0.05, 0.1) is 6.04 Å². The van der Waals surface area contributed by atoms with Crippen LogP contribution in [0.2, 0.25) is 0 Å². The molecule has 1 aliphatic rings. The second kappa shape index (κ2) is 4.51. The number of carbonyl (C=O) groups is 2. The van der Waals surface area contributed by atoms with Gasteiger partial charge in [0.25, 0.3) is 0 Å². The van der Waals surface area contributed by atoms with E-state index in [0.29, 0.717) is 12.8 Å². The van der Waals surface area contributed by atoms with Gasteiger partial charge in [-0.2, -0.15) is 0 Å². The summed E-state index contributed by atoms with van der Waals surface area (Å²) in [5.41, 5.74) is -0.505. The zero-order chi connectivity index (χ0) is 11.5. The first-order valence-electron chi connectivity index (χ1n) is 5.02. The summed E-state index contributed by atoms with van der Waals surface area (Å²) in [6.07, 6.45) is 0.490. The standard InChI is InChI=1S/C10H17NO4/c1-10(2,3)15-9(13)11-7-4-5-8(12)14-6-7/h7H,4-6H2,1-3H3,(H,11,13)/t7-/m1/s1. The van der Waals surface area contributed by atoms with E-state index in [-0.39, 0.29) is 18.6 Å². The van der Waals surface area contributed by atoms with Gasteiger partial charge < -0.3 is 14.8 Å². The summed E-state index contributed by atoms with van der Waals surface area (Å²) in [5, 5.41) is 2.66. The van der Waals surface area contributed by atoms with Gasteiger partial charge >= 0.3 is 12.1 Å². The first-order valence-corrected chi connectivity index (χ1v) is 5.02. The first-order chi connectivity index (χ1) is 6.87. The van der Waals surface area contributed by atoms with E-state index in [9.17, 15) is 9.59 Å². The molecule has 0 aromatic heterocycles. The number of cyclic esters (lactones) is 1. The number of hydrogen-bond acceptors (Lipinski definition) is 4. The summed E-state index contributed by atoms with van der Waals surface area (Å²) >= 11 is 0. The molecular formula is C10H17NO4. The van der Waals surface area contributed by atoms with Crippen LogP contribution in [0.1, 0.15) is 33.6 Å². The van der Waals surface area contributed by atoms with E-state index < -0.39 is 11.7 Å². The zero-order valence-corrected chi connectivity index (χ0v) is 9.33. The van der Waals surface area contributed by atoms with Crippen molar-refractivity contribution >= 4 is 12.1 Å². The van der Waals surface area contributed by atoms with Crippen LogP contribution in [0.5, 0.6) is 0 Å². The summed E-state index contributed by atoms with van der Waals surface area (Å²) in [5.74, 6) is -0.211. The number of amides is 1. The van der Waals surface area contributed by atoms with Crippen LogP contribution in [0.4, 0.5) is 4.79 Å². The lowest BCUT2D eigenvalue weighted by atomic mass is 10.1. The molecule has 1 amide bonds. The Morgan fingerprint density at radius 1 is 1.53 bits per heavy atom. The Hall–Kier alpha value is -1.26. The minimum Gasteiger partial charge on any atom is -0.463 e. The average Bonchev–Trinajstić information content (AvgIpc) is 2.05. The maximum absolute atomic E-state index is 11.3. The van der Waals surface area contributed by atoms with Crippen LogP contribution in [0, 0.1) is 0 Å². The molecule has 1 fully saturated rings. The molecule has 0 spiro atoms. The molecule has 0 aliphatic carbocycles. The predicted molar refractivity (Wildman–Crippen MR) is 53.4 cm³/mol. The van der Waals surface area contributed by atoms with Crippen molar-refractivity contribution in [1.82, 2.24) is 5.32 Å². The average molecular weight is 215 g/mol. The maximum Gasteiger partial charge on any atom is 0.407 e. The highest BCUT2D eigenvalue weighted by Crippen LogP contribution is 2.10. The molecule has 15 heavy (non-hydrogen) atoms. The number of carbonyl (C=O) groups excluding carboxylic acids is 2. The second-order valence-corrected chi connectivity index (χ2v) is 4.56. The van der Waals surface area contributed by atoms with Crippen LogP contribution >= 0.6 is 0 Å². The Morgan fingerprint density at radius 3 is 2.67 bits per heavy atom. The van der Waals surface area contributed by atoms with Crippen molar-refractivity contribution in [2.24, 2.45) is 0 Å². The van der Waals surface area contributed by atoms with Gasteiger partial charge in [0.1, 0.15) is 12.2 Å². The smallest absolute Gasteiger partial charge is 0.407 e. The number of esters is 1. The van der Waals surface area contributed by atoms with Gasteiger partial charge in [-0.15, -0.1) is 0 Å². The Labute approximate surface area is 89.1 Å². The molecule has 0 aromatic rings. The fraction of sp³-hybridized carbons (Fsp3) is 0.800. The van der Waals surface area contributed by atoms with Gasteiger partial charge in [-0.3, -0.25) is 4.79 Å². The molecule has 1 rings (SSSR count). The highest BCUT2D eigenvalue weighted by molar-refractivity contribution is 5.71. The molecule has 0 radical (unpaired) electrons. The Balaban J connectivity index is 2.29. The number of alkyl carbamates (subject to hydrolysis) is 1. The van der Waals surface area contributed by atoms with Gasteiger partial charge in [-0.25, -0.2) is 4.79 Å². The minimum atomic E-state index is -0.505. The van der Waals surface area contributed by atoms with Crippen molar-refractivity contribution in [1.29, 1.82) is 0 Å². The van der Waals surface area contributed by atoms with Crippen LogP contribution < -0.4 is 5.32 Å². The largest absolute Gasteiger partial charge is 0.463 e. The highest BCUT2D eigenvalue weighted by atomic mass is 16.6. The fourth-order valence-electron chi connectivity index (χ4n) is 1.23. The van der Waals surface area contributed by atoms with Gasteiger partial charge in [0, 0.05) is 6.42 Å². The zero-order valence-electron chi connectivity index (χ0n) is 9.33.